The van der Waals surface area contributed by atoms with Crippen molar-refractivity contribution in [1.82, 2.24) is 10.6 Å². The van der Waals surface area contributed by atoms with E-state index in [0.717, 1.165) is 27.6 Å². The first kappa shape index (κ1) is 20.9. The van der Waals surface area contributed by atoms with E-state index in [1.54, 1.807) is 0 Å². The number of hydrogen-bond acceptors (Lipinski definition) is 2. The van der Waals surface area contributed by atoms with E-state index in [4.69, 9.17) is 4.74 Å². The van der Waals surface area contributed by atoms with E-state index in [1.165, 1.54) is 32.1 Å². The zero-order valence-corrected chi connectivity index (χ0v) is 19.4. The fourth-order valence-corrected chi connectivity index (χ4v) is 6.72. The Kier molecular flexibility index (Phi) is 6.22. The minimum atomic E-state index is -0.114. The van der Waals surface area contributed by atoms with Crippen LogP contribution < -0.4 is 15.4 Å². The van der Waals surface area contributed by atoms with Crippen LogP contribution in [0.3, 0.4) is 0 Å². The van der Waals surface area contributed by atoms with Gasteiger partial charge in [-0.2, -0.15) is 0 Å². The molecule has 2 aromatic rings. The molecule has 0 aliphatic heterocycles. The lowest BCUT2D eigenvalue weighted by atomic mass is 9.54. The Bertz CT molecular complexity index is 875. The van der Waals surface area contributed by atoms with Crippen LogP contribution in [0.25, 0.3) is 0 Å². The molecule has 0 spiro atoms. The molecule has 0 heterocycles. The largest absolute Gasteiger partial charge is 0.486 e. The van der Waals surface area contributed by atoms with Crippen LogP contribution in [-0.4, -0.2) is 18.6 Å². The number of hydrogen-bond donors (Lipinski definition) is 2. The monoisotopic (exact) mass is 482 g/mol. The molecule has 4 fully saturated rings. The molecule has 31 heavy (non-hydrogen) atoms. The summed E-state index contributed by atoms with van der Waals surface area (Å²) in [6.45, 7) is 0.576. The van der Waals surface area contributed by atoms with Crippen LogP contribution >= 0.6 is 15.9 Å². The Morgan fingerprint density at radius 1 is 0.968 bits per heavy atom. The number of urea groups is 1. The molecule has 0 saturated heterocycles. The summed E-state index contributed by atoms with van der Waals surface area (Å²) in [5.41, 5.74) is 1.12. The third-order valence-corrected chi connectivity index (χ3v) is 7.96. The second-order valence-electron chi connectivity index (χ2n) is 9.62. The van der Waals surface area contributed by atoms with Gasteiger partial charge in [-0.25, -0.2) is 4.79 Å². The summed E-state index contributed by atoms with van der Waals surface area (Å²) < 4.78 is 7.28. The van der Waals surface area contributed by atoms with Gasteiger partial charge in [-0.1, -0.05) is 52.3 Å². The zero-order valence-electron chi connectivity index (χ0n) is 17.8. The molecule has 164 valence electrons. The number of rotatable bonds is 7. The second-order valence-corrected chi connectivity index (χ2v) is 10.5. The van der Waals surface area contributed by atoms with Crippen molar-refractivity contribution in [2.45, 2.75) is 50.7 Å². The van der Waals surface area contributed by atoms with E-state index in [0.29, 0.717) is 30.8 Å². The van der Waals surface area contributed by atoms with Crippen molar-refractivity contribution in [1.29, 1.82) is 0 Å². The number of carbonyl (C=O) groups excluding carboxylic acids is 1. The first-order valence-electron chi connectivity index (χ1n) is 11.7. The van der Waals surface area contributed by atoms with E-state index in [1.807, 2.05) is 42.5 Å². The summed E-state index contributed by atoms with van der Waals surface area (Å²) in [7, 11) is 0. The molecular formula is C26H31BrN2O2. The highest BCUT2D eigenvalue weighted by Crippen LogP contribution is 2.53. The van der Waals surface area contributed by atoms with E-state index in [2.05, 4.69) is 38.7 Å². The average molecular weight is 483 g/mol. The van der Waals surface area contributed by atoms with Gasteiger partial charge in [0.25, 0.3) is 0 Å². The van der Waals surface area contributed by atoms with Crippen LogP contribution in [0.15, 0.2) is 59.1 Å². The summed E-state index contributed by atoms with van der Waals surface area (Å²) in [6.07, 6.45) is 7.29. The van der Waals surface area contributed by atoms with Gasteiger partial charge in [-0.3, -0.25) is 0 Å². The van der Waals surface area contributed by atoms with Crippen LogP contribution in [0.4, 0.5) is 4.79 Å². The summed E-state index contributed by atoms with van der Waals surface area (Å²) in [5, 5.41) is 6.44. The predicted molar refractivity (Wildman–Crippen MR) is 126 cm³/mol. The van der Waals surface area contributed by atoms with Crippen LogP contribution in [0.1, 0.15) is 50.2 Å². The highest BCUT2D eigenvalue weighted by molar-refractivity contribution is 9.10. The lowest BCUT2D eigenvalue weighted by molar-refractivity contribution is -0.00943. The molecule has 1 unspecified atom stereocenters. The molecule has 4 aliphatic carbocycles. The first-order valence-corrected chi connectivity index (χ1v) is 12.4. The Hall–Kier alpha value is -2.01. The molecular weight excluding hydrogens is 452 g/mol. The molecule has 0 radical (unpaired) electrons. The molecule has 5 heteroatoms. The number of ether oxygens (including phenoxy) is 1. The summed E-state index contributed by atoms with van der Waals surface area (Å²) in [5.74, 6) is 4.05. The van der Waals surface area contributed by atoms with E-state index < -0.39 is 0 Å². The summed E-state index contributed by atoms with van der Waals surface area (Å²) >= 11 is 3.51. The summed E-state index contributed by atoms with van der Waals surface area (Å²) in [4.78, 5) is 12.7. The van der Waals surface area contributed by atoms with Crippen LogP contribution in [0.5, 0.6) is 5.75 Å². The van der Waals surface area contributed by atoms with Crippen molar-refractivity contribution < 1.29 is 9.53 Å². The maximum Gasteiger partial charge on any atom is 0.315 e. The van der Waals surface area contributed by atoms with E-state index >= 15 is 0 Å². The zero-order chi connectivity index (χ0) is 21.2. The predicted octanol–water partition coefficient (Wildman–Crippen LogP) is 6.08. The SMILES string of the molecule is O=C(NCCC(Oc1cccc(Br)c1)c1ccccc1)NC1C2CC3CC(C2)CC1C3. The molecule has 4 saturated carbocycles. The standard InChI is InChI=1S/C26H31BrN2O2/c27-22-7-4-8-23(16-22)31-24(19-5-2-1-3-6-19)9-10-28-26(30)29-25-20-12-17-11-18(14-20)15-21(25)13-17/h1-8,16-18,20-21,24-25H,9-15H2,(H2,28,29,30). The lowest BCUT2D eigenvalue weighted by Gasteiger charge is -2.54. The van der Waals surface area contributed by atoms with Gasteiger partial charge in [0.15, 0.2) is 0 Å². The Balaban J connectivity index is 1.16. The van der Waals surface area contributed by atoms with Gasteiger partial charge < -0.3 is 15.4 Å². The van der Waals surface area contributed by atoms with Gasteiger partial charge in [0, 0.05) is 23.5 Å². The molecule has 2 aromatic carbocycles. The number of benzene rings is 2. The van der Waals surface area contributed by atoms with Crippen LogP contribution in [-0.2, 0) is 0 Å². The fraction of sp³-hybridized carbons (Fsp3) is 0.500. The minimum absolute atomic E-state index is 0.0215. The third kappa shape index (κ3) is 4.92. The molecule has 4 nitrogen and oxygen atoms in total. The van der Waals surface area contributed by atoms with Crippen molar-refractivity contribution in [3.05, 3.63) is 64.6 Å². The lowest BCUT2D eigenvalue weighted by Crippen LogP contribution is -2.57. The topological polar surface area (TPSA) is 50.4 Å². The van der Waals surface area contributed by atoms with Gasteiger partial charge in [-0.05, 0) is 79.5 Å². The van der Waals surface area contributed by atoms with Gasteiger partial charge in [0.2, 0.25) is 0 Å². The Morgan fingerprint density at radius 2 is 1.68 bits per heavy atom. The smallest absolute Gasteiger partial charge is 0.315 e. The Labute approximate surface area is 193 Å². The highest BCUT2D eigenvalue weighted by atomic mass is 79.9. The quantitative estimate of drug-likeness (QED) is 0.501. The maximum atomic E-state index is 12.7. The number of carbonyl (C=O) groups is 1. The van der Waals surface area contributed by atoms with Gasteiger partial charge in [0.1, 0.15) is 11.9 Å². The maximum absolute atomic E-state index is 12.7. The fourth-order valence-electron chi connectivity index (χ4n) is 6.35. The molecule has 1 atom stereocenters. The van der Waals surface area contributed by atoms with Crippen molar-refractivity contribution in [2.75, 3.05) is 6.54 Å². The van der Waals surface area contributed by atoms with Crippen LogP contribution in [0.2, 0.25) is 0 Å². The number of amides is 2. The average Bonchev–Trinajstić information content (AvgIpc) is 2.76. The summed E-state index contributed by atoms with van der Waals surface area (Å²) in [6, 6.07) is 18.5. The molecule has 4 bridgehead atoms. The molecule has 0 aromatic heterocycles. The molecule has 2 amide bonds. The van der Waals surface area contributed by atoms with Gasteiger partial charge in [0.05, 0.1) is 0 Å². The van der Waals surface area contributed by atoms with Crippen molar-refractivity contribution in [3.63, 3.8) is 0 Å². The second kappa shape index (κ2) is 9.23. The number of nitrogens with one attached hydrogen (secondary N) is 2. The third-order valence-electron chi connectivity index (χ3n) is 7.46. The number of halogens is 1. The molecule has 4 aliphatic rings. The minimum Gasteiger partial charge on any atom is -0.486 e. The van der Waals surface area contributed by atoms with E-state index in [-0.39, 0.29) is 12.1 Å². The van der Waals surface area contributed by atoms with Crippen molar-refractivity contribution in [2.24, 2.45) is 23.7 Å². The van der Waals surface area contributed by atoms with E-state index in [9.17, 15) is 4.79 Å². The first-order chi connectivity index (χ1) is 15.1. The molecule has 2 N–H and O–H groups in total. The molecule has 6 rings (SSSR count). The normalized spacial score (nSPS) is 29.4. The Morgan fingerprint density at radius 3 is 2.35 bits per heavy atom. The van der Waals surface area contributed by atoms with Gasteiger partial charge >= 0.3 is 6.03 Å². The van der Waals surface area contributed by atoms with Crippen LogP contribution in [0, 0.1) is 23.7 Å². The van der Waals surface area contributed by atoms with Crippen molar-refractivity contribution >= 4 is 22.0 Å². The van der Waals surface area contributed by atoms with Gasteiger partial charge in [-0.15, -0.1) is 0 Å². The van der Waals surface area contributed by atoms with Crippen molar-refractivity contribution in [3.8, 4) is 5.75 Å². The highest BCUT2D eigenvalue weighted by Gasteiger charge is 2.48.